The van der Waals surface area contributed by atoms with Crippen LogP contribution in [0.2, 0.25) is 5.02 Å². The van der Waals surface area contributed by atoms with E-state index in [1.165, 1.54) is 0 Å². The summed E-state index contributed by atoms with van der Waals surface area (Å²) in [6.45, 7) is 5.19. The van der Waals surface area contributed by atoms with Crippen LogP contribution in [-0.4, -0.2) is 33.9 Å². The Bertz CT molecular complexity index is 751. The van der Waals surface area contributed by atoms with E-state index < -0.39 is 5.60 Å². The first kappa shape index (κ1) is 23.2. The molecule has 0 aliphatic rings. The van der Waals surface area contributed by atoms with Gasteiger partial charge in [0.25, 0.3) is 0 Å². The van der Waals surface area contributed by atoms with Crippen molar-refractivity contribution in [1.82, 2.24) is 20.4 Å². The van der Waals surface area contributed by atoms with Gasteiger partial charge in [0.1, 0.15) is 5.60 Å². The summed E-state index contributed by atoms with van der Waals surface area (Å²) in [7, 11) is 1.82. The zero-order valence-electron chi connectivity index (χ0n) is 15.0. The average Bonchev–Trinajstić information content (AvgIpc) is 2.99. The van der Waals surface area contributed by atoms with Gasteiger partial charge in [0.15, 0.2) is 5.96 Å². The highest BCUT2D eigenvalue weighted by molar-refractivity contribution is 14.0. The molecule has 0 saturated carbocycles. The number of halogens is 3. The third kappa shape index (κ3) is 6.71. The van der Waals surface area contributed by atoms with Crippen molar-refractivity contribution in [2.45, 2.75) is 26.0 Å². The zero-order chi connectivity index (χ0) is 18.4. The van der Waals surface area contributed by atoms with Gasteiger partial charge in [-0.25, -0.2) is 4.99 Å². The van der Waals surface area contributed by atoms with Crippen LogP contribution in [-0.2, 0) is 19.2 Å². The first-order valence-corrected chi connectivity index (χ1v) is 9.16. The second kappa shape index (κ2) is 10.5. The number of aryl methyl sites for hydroxylation is 1. The number of benzene rings is 1. The third-order valence-corrected chi connectivity index (χ3v) is 4.54. The molecule has 9 heteroatoms. The van der Waals surface area contributed by atoms with Gasteiger partial charge in [-0.05, 0) is 31.5 Å². The summed E-state index contributed by atoms with van der Waals surface area (Å²) in [6, 6.07) is 5.72. The van der Waals surface area contributed by atoms with Gasteiger partial charge in [0, 0.05) is 34.8 Å². The van der Waals surface area contributed by atoms with E-state index in [4.69, 9.17) is 11.6 Å². The number of hydrogen-bond donors (Lipinski definition) is 3. The minimum atomic E-state index is -1.06. The molecule has 2 aromatic rings. The van der Waals surface area contributed by atoms with Gasteiger partial charge in [-0.1, -0.05) is 33.6 Å². The SMILES string of the molecule is CCNC(=NCc1ccc(Br)cc1Cl)NCC(C)(O)c1cnn(C)c1.I. The maximum absolute atomic E-state index is 10.7. The molecule has 1 atom stereocenters. The Kier molecular flexibility index (Phi) is 9.35. The Morgan fingerprint density at radius 3 is 2.73 bits per heavy atom. The van der Waals surface area contributed by atoms with Crippen LogP contribution in [0, 0.1) is 0 Å². The van der Waals surface area contributed by atoms with Crippen molar-refractivity contribution in [3.8, 4) is 0 Å². The molecular formula is C17H24BrClIN5O. The lowest BCUT2D eigenvalue weighted by molar-refractivity contribution is 0.0616. The van der Waals surface area contributed by atoms with E-state index in [9.17, 15) is 5.11 Å². The molecule has 0 fully saturated rings. The summed E-state index contributed by atoms with van der Waals surface area (Å²) < 4.78 is 2.60. The Hall–Kier alpha value is -0.840. The fourth-order valence-corrected chi connectivity index (χ4v) is 2.95. The normalized spacial score (nSPS) is 13.7. The number of aromatic nitrogens is 2. The number of nitrogens with one attached hydrogen (secondary N) is 2. The van der Waals surface area contributed by atoms with Gasteiger partial charge in [-0.15, -0.1) is 24.0 Å². The highest BCUT2D eigenvalue weighted by Crippen LogP contribution is 2.22. The van der Waals surface area contributed by atoms with Crippen molar-refractivity contribution in [2.75, 3.05) is 13.1 Å². The van der Waals surface area contributed by atoms with Crippen molar-refractivity contribution >= 4 is 57.5 Å². The lowest BCUT2D eigenvalue weighted by Crippen LogP contribution is -2.44. The number of nitrogens with zero attached hydrogens (tertiary/aromatic N) is 3. The van der Waals surface area contributed by atoms with E-state index >= 15 is 0 Å². The van der Waals surface area contributed by atoms with Gasteiger partial charge >= 0.3 is 0 Å². The molecular weight excluding hydrogens is 532 g/mol. The zero-order valence-corrected chi connectivity index (χ0v) is 19.6. The van der Waals surface area contributed by atoms with Gasteiger partial charge < -0.3 is 15.7 Å². The fourth-order valence-electron chi connectivity index (χ4n) is 2.21. The number of aliphatic imine (C=N–C) groups is 1. The summed E-state index contributed by atoms with van der Waals surface area (Å²) in [4.78, 5) is 4.54. The smallest absolute Gasteiger partial charge is 0.191 e. The molecule has 0 saturated heterocycles. The highest BCUT2D eigenvalue weighted by Gasteiger charge is 2.24. The molecule has 26 heavy (non-hydrogen) atoms. The largest absolute Gasteiger partial charge is 0.383 e. The number of hydrogen-bond acceptors (Lipinski definition) is 3. The summed E-state index contributed by atoms with van der Waals surface area (Å²) in [5.74, 6) is 0.616. The van der Waals surface area contributed by atoms with E-state index in [1.54, 1.807) is 24.0 Å². The first-order chi connectivity index (χ1) is 11.8. The second-order valence-electron chi connectivity index (χ2n) is 5.96. The molecule has 0 aliphatic heterocycles. The van der Waals surface area contributed by atoms with E-state index in [2.05, 4.69) is 36.7 Å². The van der Waals surface area contributed by atoms with E-state index in [0.717, 1.165) is 22.1 Å². The predicted octanol–water partition coefficient (Wildman–Crippen LogP) is 3.42. The van der Waals surface area contributed by atoms with E-state index in [-0.39, 0.29) is 24.0 Å². The third-order valence-electron chi connectivity index (χ3n) is 3.69. The molecule has 0 bridgehead atoms. The average molecular weight is 557 g/mol. The Balaban J connectivity index is 0.00000338. The monoisotopic (exact) mass is 555 g/mol. The lowest BCUT2D eigenvalue weighted by Gasteiger charge is -2.23. The lowest BCUT2D eigenvalue weighted by atomic mass is 10.00. The molecule has 1 unspecified atom stereocenters. The van der Waals surface area contributed by atoms with Crippen molar-refractivity contribution in [2.24, 2.45) is 12.0 Å². The van der Waals surface area contributed by atoms with Crippen LogP contribution in [0.5, 0.6) is 0 Å². The molecule has 0 radical (unpaired) electrons. The molecule has 3 N–H and O–H groups in total. The number of guanidine groups is 1. The molecule has 0 amide bonds. The minimum Gasteiger partial charge on any atom is -0.383 e. The van der Waals surface area contributed by atoms with Crippen LogP contribution in [0.25, 0.3) is 0 Å². The molecule has 2 rings (SSSR count). The van der Waals surface area contributed by atoms with Crippen molar-refractivity contribution < 1.29 is 5.11 Å². The molecule has 144 valence electrons. The van der Waals surface area contributed by atoms with E-state index in [0.29, 0.717) is 24.1 Å². The maximum Gasteiger partial charge on any atom is 0.191 e. The van der Waals surface area contributed by atoms with E-state index in [1.807, 2.05) is 32.2 Å². The van der Waals surface area contributed by atoms with Crippen LogP contribution < -0.4 is 10.6 Å². The molecule has 0 aliphatic carbocycles. The Labute approximate surface area is 184 Å². The van der Waals surface area contributed by atoms with Gasteiger partial charge in [-0.2, -0.15) is 5.10 Å². The summed E-state index contributed by atoms with van der Waals surface area (Å²) >= 11 is 9.62. The van der Waals surface area contributed by atoms with Crippen LogP contribution in [0.3, 0.4) is 0 Å². The highest BCUT2D eigenvalue weighted by atomic mass is 127. The van der Waals surface area contributed by atoms with Crippen molar-refractivity contribution in [3.63, 3.8) is 0 Å². The number of aliphatic hydroxyl groups is 1. The van der Waals surface area contributed by atoms with Crippen LogP contribution in [0.15, 0.2) is 40.1 Å². The number of rotatable bonds is 6. The van der Waals surface area contributed by atoms with Crippen molar-refractivity contribution in [3.05, 3.63) is 51.2 Å². The van der Waals surface area contributed by atoms with Crippen molar-refractivity contribution in [1.29, 1.82) is 0 Å². The summed E-state index contributed by atoms with van der Waals surface area (Å²) in [6.07, 6.45) is 3.46. The predicted molar refractivity (Wildman–Crippen MR) is 120 cm³/mol. The molecule has 1 heterocycles. The maximum atomic E-state index is 10.7. The quantitative estimate of drug-likeness (QED) is 0.290. The standard InChI is InChI=1S/C17H23BrClN5O.HI/c1-4-20-16(21-8-12-5-6-14(18)7-15(12)19)22-11-17(2,25)13-9-23-24(3)10-13;/h5-7,9-10,25H,4,8,11H2,1-3H3,(H2,20,21,22);1H. The Morgan fingerprint density at radius 1 is 1.42 bits per heavy atom. The van der Waals surface area contributed by atoms with Crippen LogP contribution in [0.1, 0.15) is 25.0 Å². The topological polar surface area (TPSA) is 74.5 Å². The van der Waals surface area contributed by atoms with Gasteiger partial charge in [0.05, 0.1) is 19.3 Å². The second-order valence-corrected chi connectivity index (χ2v) is 7.28. The van der Waals surface area contributed by atoms with Crippen LogP contribution in [0.4, 0.5) is 0 Å². The summed E-state index contributed by atoms with van der Waals surface area (Å²) in [5, 5.41) is 21.8. The van der Waals surface area contributed by atoms with Crippen LogP contribution >= 0.6 is 51.5 Å². The molecule has 1 aromatic carbocycles. The molecule has 0 spiro atoms. The van der Waals surface area contributed by atoms with Gasteiger partial charge in [0.2, 0.25) is 0 Å². The summed E-state index contributed by atoms with van der Waals surface area (Å²) in [5.41, 5.74) is 0.620. The minimum absolute atomic E-state index is 0. The molecule has 1 aromatic heterocycles. The Morgan fingerprint density at radius 2 is 2.15 bits per heavy atom. The van der Waals surface area contributed by atoms with Gasteiger partial charge in [-0.3, -0.25) is 4.68 Å². The first-order valence-electron chi connectivity index (χ1n) is 7.99. The molecule has 6 nitrogen and oxygen atoms in total. The fraction of sp³-hybridized carbons (Fsp3) is 0.412.